The van der Waals surface area contributed by atoms with Crippen molar-refractivity contribution in [3.63, 3.8) is 0 Å². The van der Waals surface area contributed by atoms with Crippen LogP contribution in [0.3, 0.4) is 0 Å². The fourth-order valence-electron chi connectivity index (χ4n) is 2.89. The normalized spacial score (nSPS) is 14.7. The molecule has 1 aromatic carbocycles. The Morgan fingerprint density at radius 1 is 1.11 bits per heavy atom. The maximum Gasteiger partial charge on any atom is 0.338 e. The van der Waals surface area contributed by atoms with Crippen LogP contribution in [0.4, 0.5) is 0 Å². The largest absolute Gasteiger partial charge is 0.449 e. The van der Waals surface area contributed by atoms with Gasteiger partial charge in [0, 0.05) is 20.0 Å². The lowest BCUT2D eigenvalue weighted by Crippen LogP contribution is -2.36. The second-order valence-electron chi connectivity index (χ2n) is 6.80. The number of carbonyl (C=O) groups is 3. The Balaban J connectivity index is 1.75. The van der Waals surface area contributed by atoms with Crippen molar-refractivity contribution in [2.24, 2.45) is 0 Å². The Labute approximate surface area is 160 Å². The van der Waals surface area contributed by atoms with E-state index in [-0.39, 0.29) is 11.8 Å². The lowest BCUT2D eigenvalue weighted by Gasteiger charge is -2.15. The van der Waals surface area contributed by atoms with Crippen molar-refractivity contribution in [2.45, 2.75) is 58.6 Å². The molecule has 0 saturated carbocycles. The van der Waals surface area contributed by atoms with E-state index in [1.807, 2.05) is 0 Å². The maximum absolute atomic E-state index is 12.2. The van der Waals surface area contributed by atoms with E-state index in [4.69, 9.17) is 4.74 Å². The van der Waals surface area contributed by atoms with Crippen LogP contribution in [0.15, 0.2) is 35.9 Å². The fraction of sp³-hybridized carbons (Fsp3) is 0.476. The molecule has 2 N–H and O–H groups in total. The first-order valence-corrected chi connectivity index (χ1v) is 9.45. The fourth-order valence-corrected chi connectivity index (χ4v) is 2.89. The van der Waals surface area contributed by atoms with Crippen molar-refractivity contribution in [1.29, 1.82) is 0 Å². The summed E-state index contributed by atoms with van der Waals surface area (Å²) in [6.45, 7) is 3.98. The van der Waals surface area contributed by atoms with Crippen LogP contribution < -0.4 is 10.6 Å². The van der Waals surface area contributed by atoms with Crippen molar-refractivity contribution in [3.05, 3.63) is 47.0 Å². The summed E-state index contributed by atoms with van der Waals surface area (Å²) in [5, 5.41) is 5.51. The molecular weight excluding hydrogens is 344 g/mol. The van der Waals surface area contributed by atoms with Crippen LogP contribution in [0.2, 0.25) is 0 Å². The number of allylic oxidation sites excluding steroid dienone is 1. The van der Waals surface area contributed by atoms with Gasteiger partial charge in [-0.15, -0.1) is 0 Å². The van der Waals surface area contributed by atoms with Gasteiger partial charge >= 0.3 is 5.97 Å². The molecule has 6 heteroatoms. The van der Waals surface area contributed by atoms with E-state index in [2.05, 4.69) is 16.7 Å². The summed E-state index contributed by atoms with van der Waals surface area (Å²) in [5.41, 5.74) is 2.64. The van der Waals surface area contributed by atoms with Crippen molar-refractivity contribution in [2.75, 3.05) is 6.54 Å². The molecular formula is C21H28N2O4. The van der Waals surface area contributed by atoms with Crippen LogP contribution in [0.5, 0.6) is 0 Å². The highest BCUT2D eigenvalue weighted by molar-refractivity contribution is 5.92. The zero-order valence-electron chi connectivity index (χ0n) is 16.0. The van der Waals surface area contributed by atoms with Gasteiger partial charge in [0.2, 0.25) is 5.91 Å². The topological polar surface area (TPSA) is 84.5 Å². The highest BCUT2D eigenvalue weighted by Crippen LogP contribution is 2.19. The monoisotopic (exact) mass is 372 g/mol. The van der Waals surface area contributed by atoms with Gasteiger partial charge in [0.1, 0.15) is 0 Å². The molecule has 6 nitrogen and oxygen atoms in total. The average molecular weight is 372 g/mol. The van der Waals surface area contributed by atoms with Crippen molar-refractivity contribution in [1.82, 2.24) is 10.6 Å². The quantitative estimate of drug-likeness (QED) is 0.543. The van der Waals surface area contributed by atoms with Gasteiger partial charge in [0.15, 0.2) is 6.10 Å². The van der Waals surface area contributed by atoms with Gasteiger partial charge in [0.25, 0.3) is 5.91 Å². The first-order chi connectivity index (χ1) is 13.0. The maximum atomic E-state index is 12.2. The molecule has 1 atom stereocenters. The van der Waals surface area contributed by atoms with Gasteiger partial charge in [-0.3, -0.25) is 9.59 Å². The Kier molecular flexibility index (Phi) is 8.04. The first kappa shape index (κ1) is 20.7. The molecule has 0 spiro atoms. The summed E-state index contributed by atoms with van der Waals surface area (Å²) in [6.07, 6.45) is 6.96. The molecule has 0 heterocycles. The Hall–Kier alpha value is -2.63. The molecule has 1 aliphatic rings. The number of rotatable bonds is 8. The summed E-state index contributed by atoms with van der Waals surface area (Å²) >= 11 is 0. The second-order valence-corrected chi connectivity index (χ2v) is 6.80. The van der Waals surface area contributed by atoms with E-state index in [1.54, 1.807) is 31.2 Å². The minimum absolute atomic E-state index is 0.113. The smallest absolute Gasteiger partial charge is 0.338 e. The standard InChI is InChI=1S/C21H28N2O4/c1-15(20(25)22-13-12-17-6-4-3-5-7-17)27-21(26)19-10-8-18(9-11-19)14-23-16(2)24/h6,8-11,15H,3-5,7,12-14H2,1-2H3,(H,22,25)(H,23,24). The summed E-state index contributed by atoms with van der Waals surface area (Å²) in [7, 11) is 0. The predicted molar refractivity (Wildman–Crippen MR) is 103 cm³/mol. The predicted octanol–water partition coefficient (Wildman–Crippen LogP) is 2.87. The van der Waals surface area contributed by atoms with Gasteiger partial charge in [-0.05, 0) is 56.7 Å². The highest BCUT2D eigenvalue weighted by Gasteiger charge is 2.18. The van der Waals surface area contributed by atoms with Crippen molar-refractivity contribution in [3.8, 4) is 0 Å². The highest BCUT2D eigenvalue weighted by atomic mass is 16.5. The van der Waals surface area contributed by atoms with Gasteiger partial charge in [-0.2, -0.15) is 0 Å². The van der Waals surface area contributed by atoms with Crippen LogP contribution in [0.1, 0.15) is 61.9 Å². The summed E-state index contributed by atoms with van der Waals surface area (Å²) in [5.74, 6) is -0.946. The molecule has 0 fully saturated rings. The molecule has 2 rings (SSSR count). The zero-order valence-corrected chi connectivity index (χ0v) is 16.0. The van der Waals surface area contributed by atoms with Crippen molar-refractivity contribution >= 4 is 17.8 Å². The summed E-state index contributed by atoms with van der Waals surface area (Å²) < 4.78 is 5.24. The molecule has 0 aromatic heterocycles. The van der Waals surface area contributed by atoms with Crippen LogP contribution in [-0.4, -0.2) is 30.4 Å². The minimum Gasteiger partial charge on any atom is -0.449 e. The summed E-state index contributed by atoms with van der Waals surface area (Å²) in [4.78, 5) is 35.2. The number of carbonyl (C=O) groups excluding carboxylic acids is 3. The Bertz CT molecular complexity index is 695. The van der Waals surface area contributed by atoms with E-state index in [0.29, 0.717) is 18.7 Å². The molecule has 1 unspecified atom stereocenters. The van der Waals surface area contributed by atoms with Crippen LogP contribution >= 0.6 is 0 Å². The number of ether oxygens (including phenoxy) is 1. The third-order valence-corrected chi connectivity index (χ3v) is 4.51. The average Bonchev–Trinajstić information content (AvgIpc) is 2.67. The van der Waals surface area contributed by atoms with Gasteiger partial charge in [-0.1, -0.05) is 23.8 Å². The van der Waals surface area contributed by atoms with E-state index in [9.17, 15) is 14.4 Å². The van der Waals surface area contributed by atoms with Gasteiger partial charge in [0.05, 0.1) is 5.56 Å². The van der Waals surface area contributed by atoms with E-state index < -0.39 is 12.1 Å². The molecule has 0 bridgehead atoms. The van der Waals surface area contributed by atoms with Gasteiger partial charge < -0.3 is 15.4 Å². The molecule has 0 saturated heterocycles. The lowest BCUT2D eigenvalue weighted by molar-refractivity contribution is -0.129. The zero-order chi connectivity index (χ0) is 19.6. The Morgan fingerprint density at radius 3 is 2.48 bits per heavy atom. The molecule has 27 heavy (non-hydrogen) atoms. The molecule has 0 radical (unpaired) electrons. The number of benzene rings is 1. The lowest BCUT2D eigenvalue weighted by atomic mass is 9.97. The van der Waals surface area contributed by atoms with Crippen LogP contribution in [0.25, 0.3) is 0 Å². The number of hydrogen-bond acceptors (Lipinski definition) is 4. The number of hydrogen-bond donors (Lipinski definition) is 2. The third-order valence-electron chi connectivity index (χ3n) is 4.51. The molecule has 1 aromatic rings. The van der Waals surface area contributed by atoms with E-state index in [1.165, 1.54) is 25.3 Å². The number of amides is 2. The van der Waals surface area contributed by atoms with E-state index >= 15 is 0 Å². The number of nitrogens with one attached hydrogen (secondary N) is 2. The minimum atomic E-state index is -0.850. The van der Waals surface area contributed by atoms with Crippen LogP contribution in [0, 0.1) is 0 Å². The van der Waals surface area contributed by atoms with Crippen molar-refractivity contribution < 1.29 is 19.1 Å². The molecule has 0 aliphatic heterocycles. The molecule has 1 aliphatic carbocycles. The third kappa shape index (κ3) is 7.25. The summed E-state index contributed by atoms with van der Waals surface area (Å²) in [6, 6.07) is 6.74. The Morgan fingerprint density at radius 2 is 1.85 bits per heavy atom. The van der Waals surface area contributed by atoms with Crippen LogP contribution in [-0.2, 0) is 20.9 Å². The number of esters is 1. The van der Waals surface area contributed by atoms with Gasteiger partial charge in [-0.25, -0.2) is 4.79 Å². The second kappa shape index (κ2) is 10.5. The molecule has 146 valence electrons. The van der Waals surface area contributed by atoms with E-state index in [0.717, 1.165) is 24.8 Å². The first-order valence-electron chi connectivity index (χ1n) is 9.45. The SMILES string of the molecule is CC(=O)NCc1ccc(C(=O)OC(C)C(=O)NCCC2=CCCCC2)cc1. The molecule has 2 amide bonds.